The molecule has 0 spiro atoms. The van der Waals surface area contributed by atoms with Gasteiger partial charge in [-0.2, -0.15) is 5.10 Å². The van der Waals surface area contributed by atoms with Gasteiger partial charge >= 0.3 is 0 Å². The molecule has 0 fully saturated rings. The number of hydrogen-bond acceptors (Lipinski definition) is 4. The fourth-order valence-electron chi connectivity index (χ4n) is 3.02. The third kappa shape index (κ3) is 3.46. The van der Waals surface area contributed by atoms with Crippen molar-refractivity contribution in [2.45, 2.75) is 13.3 Å². The van der Waals surface area contributed by atoms with Crippen molar-refractivity contribution in [3.63, 3.8) is 0 Å². The number of amides is 1. The number of para-hydroxylation sites is 1. The van der Waals surface area contributed by atoms with Gasteiger partial charge < -0.3 is 9.30 Å². The van der Waals surface area contributed by atoms with Gasteiger partial charge in [-0.1, -0.05) is 29.8 Å². The molecule has 0 aliphatic rings. The van der Waals surface area contributed by atoms with Crippen molar-refractivity contribution in [3.8, 4) is 11.4 Å². The maximum absolute atomic E-state index is 13.0. The van der Waals surface area contributed by atoms with Crippen LogP contribution in [0.3, 0.4) is 0 Å². The molecule has 3 heterocycles. The van der Waals surface area contributed by atoms with Crippen LogP contribution >= 0.6 is 11.6 Å². The molecule has 0 unspecified atom stereocenters. The van der Waals surface area contributed by atoms with Gasteiger partial charge in [0, 0.05) is 18.9 Å². The number of nitrogens with zero attached hydrogens (tertiary/aromatic N) is 5. The van der Waals surface area contributed by atoms with Crippen molar-refractivity contribution in [2.75, 3.05) is 11.9 Å². The number of halogens is 1. The van der Waals surface area contributed by atoms with Gasteiger partial charge in [-0.25, -0.2) is 4.98 Å². The Hall–Kier alpha value is -3.25. The molecule has 3 aromatic heterocycles. The third-order valence-corrected chi connectivity index (χ3v) is 4.78. The van der Waals surface area contributed by atoms with Crippen LogP contribution in [-0.2, 0) is 11.2 Å². The summed E-state index contributed by atoms with van der Waals surface area (Å²) in [6, 6.07) is 16.9. The molecule has 4 aromatic rings. The molecule has 0 atom stereocenters. The summed E-state index contributed by atoms with van der Waals surface area (Å²) in [5.41, 5.74) is 4.32. The lowest BCUT2D eigenvalue weighted by Gasteiger charge is -2.17. The Labute approximate surface area is 167 Å². The predicted molar refractivity (Wildman–Crippen MR) is 110 cm³/mol. The molecule has 0 radical (unpaired) electrons. The number of imidazole rings is 1. The zero-order chi connectivity index (χ0) is 19.7. The third-order valence-electron chi connectivity index (χ3n) is 4.56. The molecular formula is C21H18ClN5O. The summed E-state index contributed by atoms with van der Waals surface area (Å²) in [5, 5.41) is 8.95. The van der Waals surface area contributed by atoms with E-state index in [1.807, 2.05) is 59.9 Å². The number of aromatic nitrogens is 4. The SMILES string of the molecule is Cc1ccc(-c2nc3ccc(Cl)cn3c2CC(=O)N(C)c2ccccc2)nn1. The second-order valence-corrected chi connectivity index (χ2v) is 6.94. The van der Waals surface area contributed by atoms with E-state index in [1.165, 1.54) is 0 Å². The van der Waals surface area contributed by atoms with Crippen LogP contribution in [0.1, 0.15) is 11.4 Å². The van der Waals surface area contributed by atoms with Gasteiger partial charge in [-0.05, 0) is 43.3 Å². The summed E-state index contributed by atoms with van der Waals surface area (Å²) >= 11 is 6.19. The van der Waals surface area contributed by atoms with Gasteiger partial charge in [0.2, 0.25) is 5.91 Å². The molecular weight excluding hydrogens is 374 g/mol. The predicted octanol–water partition coefficient (Wildman–Crippen LogP) is 3.96. The van der Waals surface area contributed by atoms with Crippen LogP contribution in [-0.4, -0.2) is 32.5 Å². The van der Waals surface area contributed by atoms with Gasteiger partial charge in [-0.15, -0.1) is 5.10 Å². The number of likely N-dealkylation sites (N-methyl/N-ethyl adjacent to an activating group) is 1. The van der Waals surface area contributed by atoms with Crippen LogP contribution in [0, 0.1) is 6.92 Å². The number of aryl methyl sites for hydroxylation is 1. The Morgan fingerprint density at radius 3 is 2.57 bits per heavy atom. The first-order valence-corrected chi connectivity index (χ1v) is 9.19. The van der Waals surface area contributed by atoms with Crippen LogP contribution in [0.5, 0.6) is 0 Å². The van der Waals surface area contributed by atoms with E-state index in [1.54, 1.807) is 24.2 Å². The van der Waals surface area contributed by atoms with E-state index >= 15 is 0 Å². The number of anilines is 1. The van der Waals surface area contributed by atoms with E-state index in [0.717, 1.165) is 17.1 Å². The second kappa shape index (κ2) is 7.40. The summed E-state index contributed by atoms with van der Waals surface area (Å²) in [5.74, 6) is -0.0608. The number of carbonyl (C=O) groups excluding carboxylic acids is 1. The van der Waals surface area contributed by atoms with E-state index in [-0.39, 0.29) is 12.3 Å². The molecule has 28 heavy (non-hydrogen) atoms. The summed E-state index contributed by atoms with van der Waals surface area (Å²) < 4.78 is 1.84. The van der Waals surface area contributed by atoms with Gasteiger partial charge in [0.1, 0.15) is 17.0 Å². The molecule has 0 aliphatic carbocycles. The van der Waals surface area contributed by atoms with Gasteiger partial charge in [0.25, 0.3) is 0 Å². The number of hydrogen-bond donors (Lipinski definition) is 0. The number of fused-ring (bicyclic) bond motifs is 1. The lowest BCUT2D eigenvalue weighted by molar-refractivity contribution is -0.117. The van der Waals surface area contributed by atoms with Crippen LogP contribution in [0.15, 0.2) is 60.8 Å². The zero-order valence-electron chi connectivity index (χ0n) is 15.5. The summed E-state index contributed by atoms with van der Waals surface area (Å²) in [4.78, 5) is 19.3. The van der Waals surface area contributed by atoms with Crippen LogP contribution in [0.4, 0.5) is 5.69 Å². The number of rotatable bonds is 4. The zero-order valence-corrected chi connectivity index (χ0v) is 16.3. The first-order chi connectivity index (χ1) is 13.5. The normalized spacial score (nSPS) is 11.0. The molecule has 4 rings (SSSR count). The van der Waals surface area contributed by atoms with Crippen molar-refractivity contribution < 1.29 is 4.79 Å². The van der Waals surface area contributed by atoms with Crippen molar-refractivity contribution in [1.82, 2.24) is 19.6 Å². The second-order valence-electron chi connectivity index (χ2n) is 6.51. The topological polar surface area (TPSA) is 63.4 Å². The summed E-state index contributed by atoms with van der Waals surface area (Å²) in [6.45, 7) is 1.87. The highest BCUT2D eigenvalue weighted by Crippen LogP contribution is 2.25. The molecule has 1 aromatic carbocycles. The molecule has 140 valence electrons. The summed E-state index contributed by atoms with van der Waals surface area (Å²) in [7, 11) is 1.76. The Kier molecular flexibility index (Phi) is 4.79. The lowest BCUT2D eigenvalue weighted by atomic mass is 10.1. The van der Waals surface area contributed by atoms with Gasteiger partial charge in [-0.3, -0.25) is 4.79 Å². The fourth-order valence-corrected chi connectivity index (χ4v) is 3.18. The Morgan fingerprint density at radius 2 is 1.86 bits per heavy atom. The fraction of sp³-hybridized carbons (Fsp3) is 0.143. The average molecular weight is 392 g/mol. The van der Waals surface area contributed by atoms with Crippen LogP contribution in [0.2, 0.25) is 5.02 Å². The lowest BCUT2D eigenvalue weighted by Crippen LogP contribution is -2.28. The van der Waals surface area contributed by atoms with Crippen molar-refractivity contribution in [1.29, 1.82) is 0 Å². The molecule has 7 heteroatoms. The monoisotopic (exact) mass is 391 g/mol. The van der Waals surface area contributed by atoms with E-state index in [2.05, 4.69) is 15.2 Å². The number of pyridine rings is 1. The highest BCUT2D eigenvalue weighted by molar-refractivity contribution is 6.30. The quantitative estimate of drug-likeness (QED) is 0.528. The maximum Gasteiger partial charge on any atom is 0.232 e. The first-order valence-electron chi connectivity index (χ1n) is 8.82. The van der Waals surface area contributed by atoms with E-state index in [0.29, 0.717) is 22.1 Å². The van der Waals surface area contributed by atoms with Crippen molar-refractivity contribution >= 4 is 28.8 Å². The molecule has 0 saturated heterocycles. The van der Waals surface area contributed by atoms with Gasteiger partial charge in [0.05, 0.1) is 22.8 Å². The molecule has 6 nitrogen and oxygen atoms in total. The van der Waals surface area contributed by atoms with E-state index in [9.17, 15) is 4.79 Å². The largest absolute Gasteiger partial charge is 0.315 e. The maximum atomic E-state index is 13.0. The number of benzene rings is 1. The summed E-state index contributed by atoms with van der Waals surface area (Å²) in [6.07, 6.45) is 1.91. The van der Waals surface area contributed by atoms with Crippen molar-refractivity contribution in [2.24, 2.45) is 0 Å². The molecule has 0 saturated carbocycles. The minimum absolute atomic E-state index is 0.0608. The molecule has 0 aliphatic heterocycles. The first kappa shape index (κ1) is 18.1. The number of carbonyl (C=O) groups is 1. The average Bonchev–Trinajstić information content (AvgIpc) is 3.06. The highest BCUT2D eigenvalue weighted by Gasteiger charge is 2.21. The Balaban J connectivity index is 1.78. The molecule has 0 bridgehead atoms. The van der Waals surface area contributed by atoms with Crippen LogP contribution in [0.25, 0.3) is 17.0 Å². The van der Waals surface area contributed by atoms with E-state index < -0.39 is 0 Å². The Morgan fingerprint density at radius 1 is 1.07 bits per heavy atom. The van der Waals surface area contributed by atoms with E-state index in [4.69, 9.17) is 11.6 Å². The van der Waals surface area contributed by atoms with Gasteiger partial charge in [0.15, 0.2) is 0 Å². The standard InChI is InChI=1S/C21H18ClN5O/c1-14-8-10-17(25-24-14)21-18(27-13-15(22)9-11-19(27)23-21)12-20(28)26(2)16-6-4-3-5-7-16/h3-11,13H,12H2,1-2H3. The minimum atomic E-state index is -0.0608. The van der Waals surface area contributed by atoms with Crippen LogP contribution < -0.4 is 4.90 Å². The van der Waals surface area contributed by atoms with Crippen molar-refractivity contribution in [3.05, 3.63) is 77.2 Å². The highest BCUT2D eigenvalue weighted by atomic mass is 35.5. The minimum Gasteiger partial charge on any atom is -0.315 e. The molecule has 0 N–H and O–H groups in total. The molecule has 1 amide bonds. The Bertz CT molecular complexity index is 1140. The smallest absolute Gasteiger partial charge is 0.232 e.